The van der Waals surface area contributed by atoms with Crippen LogP contribution in [0.3, 0.4) is 0 Å². The first-order valence-corrected chi connectivity index (χ1v) is 10.9. The Bertz CT molecular complexity index is 916. The molecule has 1 aliphatic carbocycles. The molecule has 1 aromatic heterocycles. The van der Waals surface area contributed by atoms with Gasteiger partial charge in [-0.3, -0.25) is 14.7 Å². The minimum absolute atomic E-state index is 0.0206. The van der Waals surface area contributed by atoms with Gasteiger partial charge in [0, 0.05) is 31.1 Å². The van der Waals surface area contributed by atoms with Gasteiger partial charge in [0.15, 0.2) is 5.78 Å². The van der Waals surface area contributed by atoms with Gasteiger partial charge in [-0.25, -0.2) is 4.39 Å². The topological polar surface area (TPSA) is 33.2 Å². The molecule has 3 nitrogen and oxygen atoms in total. The van der Waals surface area contributed by atoms with Crippen LogP contribution in [-0.2, 0) is 4.79 Å². The average molecular weight is 397 g/mol. The number of hydrogen-bond donors (Lipinski definition) is 0. The second kappa shape index (κ2) is 7.16. The lowest BCUT2D eigenvalue weighted by Gasteiger charge is -2.37. The summed E-state index contributed by atoms with van der Waals surface area (Å²) in [6.07, 6.45) is 4.69. The Balaban J connectivity index is 1.48. The van der Waals surface area contributed by atoms with E-state index in [-0.39, 0.29) is 11.2 Å². The number of hydrogen-bond acceptors (Lipinski definition) is 3. The number of carbonyl (C=O) groups is 1. The monoisotopic (exact) mass is 396 g/mol. The highest BCUT2D eigenvalue weighted by Gasteiger charge is 2.47. The number of likely N-dealkylation sites (tertiary alicyclic amines) is 1. The molecular weight excluding hydrogens is 363 g/mol. The van der Waals surface area contributed by atoms with Gasteiger partial charge >= 0.3 is 0 Å². The molecular formula is C25H33FN2O. The molecule has 0 amide bonds. The van der Waals surface area contributed by atoms with Crippen molar-refractivity contribution in [3.05, 3.63) is 41.8 Å². The van der Waals surface area contributed by atoms with Gasteiger partial charge in [-0.1, -0.05) is 20.8 Å². The molecule has 0 radical (unpaired) electrons. The lowest BCUT2D eigenvalue weighted by molar-refractivity contribution is -0.130. The Morgan fingerprint density at radius 3 is 2.38 bits per heavy atom. The van der Waals surface area contributed by atoms with E-state index in [2.05, 4.69) is 50.6 Å². The van der Waals surface area contributed by atoms with Crippen LogP contribution >= 0.6 is 0 Å². The summed E-state index contributed by atoms with van der Waals surface area (Å²) >= 11 is 0. The maximum absolute atomic E-state index is 13.8. The Hall–Kier alpha value is -1.81. The predicted octanol–water partition coefficient (Wildman–Crippen LogP) is 5.58. The molecule has 0 spiro atoms. The zero-order valence-corrected chi connectivity index (χ0v) is 18.3. The van der Waals surface area contributed by atoms with Crippen LogP contribution in [0.5, 0.6) is 0 Å². The molecule has 1 unspecified atom stereocenters. The molecule has 4 rings (SSSR count). The van der Waals surface area contributed by atoms with Crippen molar-refractivity contribution < 1.29 is 9.18 Å². The highest BCUT2D eigenvalue weighted by Crippen LogP contribution is 2.49. The number of fused-ring (bicyclic) bond motifs is 2. The van der Waals surface area contributed by atoms with Crippen LogP contribution in [0.1, 0.15) is 65.4 Å². The second-order valence-electron chi connectivity index (χ2n) is 10.9. The predicted molar refractivity (Wildman–Crippen MR) is 115 cm³/mol. The van der Waals surface area contributed by atoms with E-state index in [9.17, 15) is 9.18 Å². The molecule has 156 valence electrons. The zero-order valence-electron chi connectivity index (χ0n) is 18.3. The number of benzene rings is 1. The molecule has 3 atom stereocenters. The number of ketones is 1. The SMILES string of the molecule is CC(C)(C)CC(=O)C(C)(C)N1C[C@H]2CC(c3ccnc4ccc(F)cc34)C[C@H]2C1. The molecule has 2 aromatic rings. The van der Waals surface area contributed by atoms with Crippen LogP contribution in [0.4, 0.5) is 4.39 Å². The van der Waals surface area contributed by atoms with Crippen molar-refractivity contribution in [2.45, 2.75) is 65.3 Å². The van der Waals surface area contributed by atoms with E-state index < -0.39 is 5.54 Å². The van der Waals surface area contributed by atoms with E-state index in [0.717, 1.165) is 36.8 Å². The fourth-order valence-electron chi connectivity index (χ4n) is 5.38. The number of rotatable bonds is 4. The Morgan fingerprint density at radius 1 is 1.10 bits per heavy atom. The van der Waals surface area contributed by atoms with Crippen molar-refractivity contribution in [1.82, 2.24) is 9.88 Å². The minimum Gasteiger partial charge on any atom is -0.298 e. The summed E-state index contributed by atoms with van der Waals surface area (Å²) in [5, 5.41) is 0.954. The maximum atomic E-state index is 13.8. The van der Waals surface area contributed by atoms with Crippen molar-refractivity contribution in [2.24, 2.45) is 17.3 Å². The molecule has 2 aliphatic rings. The van der Waals surface area contributed by atoms with Gasteiger partial charge in [0.05, 0.1) is 11.1 Å². The number of nitrogens with zero attached hydrogens (tertiary/aromatic N) is 2. The number of pyridine rings is 1. The molecule has 1 saturated carbocycles. The van der Waals surface area contributed by atoms with Crippen LogP contribution in [0.2, 0.25) is 0 Å². The van der Waals surface area contributed by atoms with E-state index in [1.54, 1.807) is 12.1 Å². The summed E-state index contributed by atoms with van der Waals surface area (Å²) in [6.45, 7) is 12.6. The first kappa shape index (κ1) is 20.5. The van der Waals surface area contributed by atoms with Crippen LogP contribution in [0.25, 0.3) is 10.9 Å². The van der Waals surface area contributed by atoms with E-state index >= 15 is 0 Å². The lowest BCUT2D eigenvalue weighted by Crippen LogP contribution is -2.50. The van der Waals surface area contributed by atoms with Gasteiger partial charge in [-0.05, 0) is 79.7 Å². The zero-order chi connectivity index (χ0) is 21.0. The smallest absolute Gasteiger partial charge is 0.153 e. The summed E-state index contributed by atoms with van der Waals surface area (Å²) < 4.78 is 13.8. The van der Waals surface area contributed by atoms with Gasteiger partial charge in [0.2, 0.25) is 0 Å². The molecule has 4 heteroatoms. The van der Waals surface area contributed by atoms with Crippen molar-refractivity contribution >= 4 is 16.7 Å². The molecule has 0 N–H and O–H groups in total. The van der Waals surface area contributed by atoms with Gasteiger partial charge < -0.3 is 0 Å². The maximum Gasteiger partial charge on any atom is 0.153 e. The van der Waals surface area contributed by atoms with Crippen molar-refractivity contribution in [2.75, 3.05) is 13.1 Å². The number of halogens is 1. The highest BCUT2D eigenvalue weighted by atomic mass is 19.1. The van der Waals surface area contributed by atoms with E-state index in [1.165, 1.54) is 11.6 Å². The fourth-order valence-corrected chi connectivity index (χ4v) is 5.38. The molecule has 2 fully saturated rings. The standard InChI is InChI=1S/C25H33FN2O/c1-24(2,3)13-23(29)25(4,5)28-14-17-10-16(11-18(17)15-28)20-8-9-27-22-7-6-19(26)12-21(20)22/h6-9,12,16-18H,10-11,13-15H2,1-5H3/t16?,17-,18+. The molecule has 1 saturated heterocycles. The van der Waals surface area contributed by atoms with Crippen LogP contribution in [-0.4, -0.2) is 34.3 Å². The third-order valence-electron chi connectivity index (χ3n) is 7.09. The highest BCUT2D eigenvalue weighted by molar-refractivity contribution is 5.88. The van der Waals surface area contributed by atoms with Crippen LogP contribution in [0, 0.1) is 23.1 Å². The molecule has 29 heavy (non-hydrogen) atoms. The second-order valence-corrected chi connectivity index (χ2v) is 10.9. The van der Waals surface area contributed by atoms with Crippen molar-refractivity contribution in [3.8, 4) is 0 Å². The lowest BCUT2D eigenvalue weighted by atomic mass is 9.83. The largest absolute Gasteiger partial charge is 0.298 e. The number of carbonyl (C=O) groups excluding carboxylic acids is 1. The minimum atomic E-state index is -0.403. The number of Topliss-reactive ketones (excluding diaryl/α,β-unsaturated/α-hetero) is 1. The summed E-state index contributed by atoms with van der Waals surface area (Å²) in [6, 6.07) is 6.96. The average Bonchev–Trinajstić information content (AvgIpc) is 3.19. The molecule has 0 bridgehead atoms. The van der Waals surface area contributed by atoms with E-state index in [0.29, 0.717) is 30.0 Å². The summed E-state index contributed by atoms with van der Waals surface area (Å²) in [4.78, 5) is 19.8. The Morgan fingerprint density at radius 2 is 1.76 bits per heavy atom. The van der Waals surface area contributed by atoms with Crippen LogP contribution in [0.15, 0.2) is 30.5 Å². The van der Waals surface area contributed by atoms with Crippen molar-refractivity contribution in [3.63, 3.8) is 0 Å². The quantitative estimate of drug-likeness (QED) is 0.676. The van der Waals surface area contributed by atoms with E-state index in [4.69, 9.17) is 0 Å². The fraction of sp³-hybridized carbons (Fsp3) is 0.600. The van der Waals surface area contributed by atoms with Gasteiger partial charge in [0.1, 0.15) is 5.82 Å². The molecule has 1 aliphatic heterocycles. The van der Waals surface area contributed by atoms with E-state index in [1.807, 2.05) is 6.20 Å². The molecule has 2 heterocycles. The van der Waals surface area contributed by atoms with Gasteiger partial charge in [-0.15, -0.1) is 0 Å². The normalized spacial score (nSPS) is 25.5. The first-order chi connectivity index (χ1) is 13.5. The summed E-state index contributed by atoms with van der Waals surface area (Å²) in [7, 11) is 0. The van der Waals surface area contributed by atoms with Crippen molar-refractivity contribution in [1.29, 1.82) is 0 Å². The number of aromatic nitrogens is 1. The van der Waals surface area contributed by atoms with Gasteiger partial charge in [-0.2, -0.15) is 0 Å². The molecule has 1 aromatic carbocycles. The Labute approximate surface area is 173 Å². The van der Waals surface area contributed by atoms with Gasteiger partial charge in [0.25, 0.3) is 0 Å². The third-order valence-corrected chi connectivity index (χ3v) is 7.09. The summed E-state index contributed by atoms with van der Waals surface area (Å²) in [5.41, 5.74) is 1.72. The third kappa shape index (κ3) is 3.96. The Kier molecular flexibility index (Phi) is 5.05. The van der Waals surface area contributed by atoms with Crippen LogP contribution < -0.4 is 0 Å². The summed E-state index contributed by atoms with van der Waals surface area (Å²) in [5.74, 6) is 1.82. The first-order valence-electron chi connectivity index (χ1n) is 10.9.